The highest BCUT2D eigenvalue weighted by atomic mass is 35.5. The Labute approximate surface area is 101 Å². The monoisotopic (exact) mass is 244 g/mol. The smallest absolute Gasteiger partial charge is 0.0682 e. The molecular weight excluding hydrogens is 228 g/mol. The summed E-state index contributed by atoms with van der Waals surface area (Å²) >= 11 is 7.62. The Morgan fingerprint density at radius 2 is 1.93 bits per heavy atom. The van der Waals surface area contributed by atoms with Crippen LogP contribution >= 0.6 is 23.4 Å². The molecule has 0 fully saturated rings. The van der Waals surface area contributed by atoms with E-state index < -0.39 is 0 Å². The van der Waals surface area contributed by atoms with Gasteiger partial charge in [-0.25, -0.2) is 0 Å². The lowest BCUT2D eigenvalue weighted by Gasteiger charge is -2.25. The third-order valence-corrected chi connectivity index (χ3v) is 3.82. The van der Waals surface area contributed by atoms with E-state index in [0.717, 1.165) is 9.92 Å². The first-order valence-electron chi connectivity index (χ1n) is 4.96. The van der Waals surface area contributed by atoms with Crippen molar-refractivity contribution in [1.82, 2.24) is 0 Å². The van der Waals surface area contributed by atoms with Gasteiger partial charge in [0.15, 0.2) is 0 Å². The van der Waals surface area contributed by atoms with E-state index in [1.165, 1.54) is 0 Å². The Bertz CT molecular complexity index is 320. The maximum absolute atomic E-state index is 9.87. The number of hydrogen-bond donors (Lipinski definition) is 1. The Hall–Kier alpha value is -0.180. The Morgan fingerprint density at radius 1 is 1.33 bits per heavy atom. The zero-order valence-corrected chi connectivity index (χ0v) is 10.9. The van der Waals surface area contributed by atoms with Gasteiger partial charge in [-0.15, -0.1) is 11.8 Å². The fourth-order valence-corrected chi connectivity index (χ4v) is 2.50. The minimum atomic E-state index is -0.321. The van der Waals surface area contributed by atoms with Crippen LogP contribution in [0.2, 0.25) is 5.02 Å². The van der Waals surface area contributed by atoms with Crippen LogP contribution in [-0.4, -0.2) is 17.0 Å². The lowest BCUT2D eigenvalue weighted by molar-refractivity contribution is 0.0843. The van der Waals surface area contributed by atoms with Crippen molar-refractivity contribution in [1.29, 1.82) is 0 Å². The Kier molecular flexibility index (Phi) is 4.50. The average Bonchev–Trinajstić information content (AvgIpc) is 2.14. The molecule has 0 aromatic heterocycles. The highest BCUT2D eigenvalue weighted by molar-refractivity contribution is 7.99. The third-order valence-electron chi connectivity index (χ3n) is 2.23. The van der Waals surface area contributed by atoms with Crippen molar-refractivity contribution >= 4 is 23.4 Å². The van der Waals surface area contributed by atoms with Crippen LogP contribution in [-0.2, 0) is 0 Å². The van der Waals surface area contributed by atoms with Crippen molar-refractivity contribution < 1.29 is 5.11 Å². The molecule has 0 heterocycles. The molecule has 1 atom stereocenters. The van der Waals surface area contributed by atoms with Crippen LogP contribution < -0.4 is 0 Å². The Morgan fingerprint density at radius 3 is 2.47 bits per heavy atom. The van der Waals surface area contributed by atoms with Crippen molar-refractivity contribution in [3.05, 3.63) is 29.3 Å². The summed E-state index contributed by atoms with van der Waals surface area (Å²) in [7, 11) is 0. The molecule has 0 saturated heterocycles. The van der Waals surface area contributed by atoms with Gasteiger partial charge in [0.2, 0.25) is 0 Å². The third kappa shape index (κ3) is 4.06. The van der Waals surface area contributed by atoms with Gasteiger partial charge in [0, 0.05) is 10.6 Å². The molecule has 0 radical (unpaired) electrons. The summed E-state index contributed by atoms with van der Waals surface area (Å²) in [5, 5.41) is 10.6. The fraction of sp³-hybridized carbons (Fsp3) is 0.500. The largest absolute Gasteiger partial charge is 0.392 e. The summed E-state index contributed by atoms with van der Waals surface area (Å²) in [4.78, 5) is 1.03. The van der Waals surface area contributed by atoms with E-state index in [2.05, 4.69) is 0 Å². The molecule has 0 aliphatic rings. The van der Waals surface area contributed by atoms with Crippen molar-refractivity contribution in [3.63, 3.8) is 0 Å². The van der Waals surface area contributed by atoms with E-state index in [4.69, 9.17) is 11.6 Å². The minimum Gasteiger partial charge on any atom is -0.392 e. The molecular formula is C12H17ClOS. The van der Waals surface area contributed by atoms with E-state index in [0.29, 0.717) is 5.75 Å². The van der Waals surface area contributed by atoms with Gasteiger partial charge in [-0.2, -0.15) is 0 Å². The van der Waals surface area contributed by atoms with Crippen LogP contribution in [0.5, 0.6) is 0 Å². The van der Waals surface area contributed by atoms with E-state index in [9.17, 15) is 5.11 Å². The maximum atomic E-state index is 9.87. The van der Waals surface area contributed by atoms with Gasteiger partial charge in [0.25, 0.3) is 0 Å². The highest BCUT2D eigenvalue weighted by Gasteiger charge is 2.22. The SMILES string of the molecule is CC(C)(C)C(O)CSc1ccccc1Cl. The van der Waals surface area contributed by atoms with E-state index in [-0.39, 0.29) is 11.5 Å². The highest BCUT2D eigenvalue weighted by Crippen LogP contribution is 2.30. The molecule has 1 N–H and O–H groups in total. The molecule has 1 aromatic rings. The molecule has 0 amide bonds. The van der Waals surface area contributed by atoms with Gasteiger partial charge >= 0.3 is 0 Å². The quantitative estimate of drug-likeness (QED) is 0.816. The van der Waals surface area contributed by atoms with E-state index in [1.807, 2.05) is 45.0 Å². The summed E-state index contributed by atoms with van der Waals surface area (Å²) in [6, 6.07) is 7.71. The average molecular weight is 245 g/mol. The summed E-state index contributed by atoms with van der Waals surface area (Å²) in [5.74, 6) is 0.674. The fourth-order valence-electron chi connectivity index (χ4n) is 0.981. The molecule has 0 bridgehead atoms. The molecule has 15 heavy (non-hydrogen) atoms. The number of aliphatic hydroxyl groups excluding tert-OH is 1. The van der Waals surface area contributed by atoms with Gasteiger partial charge in [-0.05, 0) is 17.5 Å². The van der Waals surface area contributed by atoms with Gasteiger partial charge in [0.1, 0.15) is 0 Å². The molecule has 0 saturated carbocycles. The predicted molar refractivity (Wildman–Crippen MR) is 67.6 cm³/mol. The zero-order chi connectivity index (χ0) is 11.5. The van der Waals surface area contributed by atoms with Gasteiger partial charge in [-0.3, -0.25) is 0 Å². The second-order valence-corrected chi connectivity index (χ2v) is 6.09. The summed E-state index contributed by atoms with van der Waals surface area (Å²) in [6.45, 7) is 6.10. The van der Waals surface area contributed by atoms with Crippen molar-refractivity contribution in [3.8, 4) is 0 Å². The second-order valence-electron chi connectivity index (χ2n) is 4.62. The molecule has 1 rings (SSSR count). The van der Waals surface area contributed by atoms with Crippen LogP contribution in [0.25, 0.3) is 0 Å². The van der Waals surface area contributed by atoms with Crippen LogP contribution in [0.3, 0.4) is 0 Å². The number of hydrogen-bond acceptors (Lipinski definition) is 2. The van der Waals surface area contributed by atoms with Crippen molar-refractivity contribution in [2.24, 2.45) is 5.41 Å². The first-order valence-corrected chi connectivity index (χ1v) is 6.33. The Balaban J connectivity index is 2.55. The van der Waals surface area contributed by atoms with Crippen molar-refractivity contribution in [2.45, 2.75) is 31.8 Å². The molecule has 1 nitrogen and oxygen atoms in total. The van der Waals surface area contributed by atoms with E-state index >= 15 is 0 Å². The first-order chi connectivity index (χ1) is 6.91. The first kappa shape index (κ1) is 12.9. The number of benzene rings is 1. The number of aliphatic hydroxyl groups is 1. The molecule has 3 heteroatoms. The van der Waals surface area contributed by atoms with Crippen LogP contribution in [0.15, 0.2) is 29.2 Å². The molecule has 1 unspecified atom stereocenters. The number of rotatable bonds is 3. The lowest BCUT2D eigenvalue weighted by atomic mass is 9.90. The van der Waals surface area contributed by atoms with Gasteiger partial charge in [0.05, 0.1) is 11.1 Å². The minimum absolute atomic E-state index is 0.0751. The van der Waals surface area contributed by atoms with Gasteiger partial charge in [-0.1, -0.05) is 44.5 Å². The summed E-state index contributed by atoms with van der Waals surface area (Å²) in [6.07, 6.45) is -0.321. The summed E-state index contributed by atoms with van der Waals surface area (Å²) < 4.78 is 0. The second kappa shape index (κ2) is 5.24. The molecule has 0 aliphatic heterocycles. The number of thioether (sulfide) groups is 1. The number of halogens is 1. The lowest BCUT2D eigenvalue weighted by Crippen LogP contribution is -2.28. The predicted octanol–water partition coefficient (Wildman–Crippen LogP) is 3.84. The molecule has 0 spiro atoms. The van der Waals surface area contributed by atoms with Crippen LogP contribution in [0.1, 0.15) is 20.8 Å². The molecule has 0 aliphatic carbocycles. The maximum Gasteiger partial charge on any atom is 0.0682 e. The molecule has 84 valence electrons. The standard InChI is InChI=1S/C12H17ClOS/c1-12(2,3)11(14)8-15-10-7-5-4-6-9(10)13/h4-7,11,14H,8H2,1-3H3. The zero-order valence-electron chi connectivity index (χ0n) is 9.33. The van der Waals surface area contributed by atoms with Crippen LogP contribution in [0, 0.1) is 5.41 Å². The normalized spacial score (nSPS) is 13.9. The molecule has 1 aromatic carbocycles. The van der Waals surface area contributed by atoms with Crippen LogP contribution in [0.4, 0.5) is 0 Å². The summed E-state index contributed by atoms with van der Waals surface area (Å²) in [5.41, 5.74) is -0.0751. The van der Waals surface area contributed by atoms with Gasteiger partial charge < -0.3 is 5.11 Å². The topological polar surface area (TPSA) is 20.2 Å². The van der Waals surface area contributed by atoms with E-state index in [1.54, 1.807) is 11.8 Å². The van der Waals surface area contributed by atoms with Crippen molar-refractivity contribution in [2.75, 3.05) is 5.75 Å².